The van der Waals surface area contributed by atoms with E-state index in [2.05, 4.69) is 24.0 Å². The maximum Gasteiger partial charge on any atom is 0.295 e. The monoisotopic (exact) mass is 341 g/mol. The van der Waals surface area contributed by atoms with Gasteiger partial charge in [-0.3, -0.25) is 9.69 Å². The largest absolute Gasteiger partial charge is 0.459 e. The van der Waals surface area contributed by atoms with Gasteiger partial charge in [-0.15, -0.1) is 10.2 Å². The third kappa shape index (κ3) is 3.38. The van der Waals surface area contributed by atoms with Crippen LogP contribution in [0.3, 0.4) is 0 Å². The summed E-state index contributed by atoms with van der Waals surface area (Å²) >= 11 is 1.42. The van der Waals surface area contributed by atoms with E-state index in [0.29, 0.717) is 23.4 Å². The number of carbonyl (C=O) groups excluding carboxylic acids is 1. The highest BCUT2D eigenvalue weighted by Crippen LogP contribution is 2.31. The molecule has 5 nitrogen and oxygen atoms in total. The van der Waals surface area contributed by atoms with E-state index in [4.69, 9.17) is 4.42 Å². The van der Waals surface area contributed by atoms with Crippen molar-refractivity contribution in [2.24, 2.45) is 5.92 Å². The van der Waals surface area contributed by atoms with Crippen molar-refractivity contribution in [1.29, 1.82) is 0 Å². The Bertz CT molecular complexity index is 824. The summed E-state index contributed by atoms with van der Waals surface area (Å²) in [6.45, 7) is 6.72. The van der Waals surface area contributed by atoms with Crippen molar-refractivity contribution in [3.63, 3.8) is 0 Å². The summed E-state index contributed by atoms with van der Waals surface area (Å²) in [5, 5.41) is 9.93. The van der Waals surface area contributed by atoms with E-state index in [9.17, 15) is 4.79 Å². The van der Waals surface area contributed by atoms with Gasteiger partial charge >= 0.3 is 0 Å². The molecule has 3 rings (SSSR count). The Morgan fingerprint density at radius 1 is 1.21 bits per heavy atom. The van der Waals surface area contributed by atoms with Crippen molar-refractivity contribution in [2.45, 2.75) is 20.8 Å². The number of amides is 1. The SMILES string of the molecule is Cc1ccccc1-c1nnc(N(CC(C)C)C(=O)c2ccco2)s1. The average Bonchev–Trinajstić information content (AvgIpc) is 3.24. The molecule has 124 valence electrons. The van der Waals surface area contributed by atoms with Gasteiger partial charge in [-0.1, -0.05) is 49.4 Å². The number of benzene rings is 1. The number of carbonyl (C=O) groups is 1. The molecule has 0 aliphatic rings. The lowest BCUT2D eigenvalue weighted by atomic mass is 10.1. The Kier molecular flexibility index (Phi) is 4.76. The first-order valence-corrected chi connectivity index (χ1v) is 8.62. The lowest BCUT2D eigenvalue weighted by molar-refractivity contribution is 0.0957. The van der Waals surface area contributed by atoms with Gasteiger partial charge in [-0.2, -0.15) is 0 Å². The smallest absolute Gasteiger partial charge is 0.295 e. The second kappa shape index (κ2) is 6.97. The van der Waals surface area contributed by atoms with Crippen molar-refractivity contribution in [1.82, 2.24) is 10.2 Å². The lowest BCUT2D eigenvalue weighted by Crippen LogP contribution is -2.34. The van der Waals surface area contributed by atoms with Crippen LogP contribution in [0.5, 0.6) is 0 Å². The fraction of sp³-hybridized carbons (Fsp3) is 0.278. The quantitative estimate of drug-likeness (QED) is 0.690. The highest BCUT2D eigenvalue weighted by molar-refractivity contribution is 7.18. The third-order valence-electron chi connectivity index (χ3n) is 3.55. The number of furan rings is 1. The topological polar surface area (TPSA) is 59.2 Å². The van der Waals surface area contributed by atoms with Gasteiger partial charge in [-0.05, 0) is 30.5 Å². The average molecular weight is 341 g/mol. The van der Waals surface area contributed by atoms with Gasteiger partial charge in [0.25, 0.3) is 5.91 Å². The first-order chi connectivity index (χ1) is 11.6. The number of nitrogens with zero attached hydrogens (tertiary/aromatic N) is 3. The third-order valence-corrected chi connectivity index (χ3v) is 4.53. The van der Waals surface area contributed by atoms with Crippen LogP contribution in [0.25, 0.3) is 10.6 Å². The van der Waals surface area contributed by atoms with E-state index in [1.54, 1.807) is 17.0 Å². The van der Waals surface area contributed by atoms with E-state index in [1.165, 1.54) is 17.6 Å². The van der Waals surface area contributed by atoms with E-state index in [1.807, 2.05) is 31.2 Å². The Hall–Kier alpha value is -2.47. The molecule has 0 N–H and O–H groups in total. The van der Waals surface area contributed by atoms with Gasteiger partial charge in [0.2, 0.25) is 5.13 Å². The van der Waals surface area contributed by atoms with Crippen LogP contribution in [0.4, 0.5) is 5.13 Å². The van der Waals surface area contributed by atoms with Crippen molar-refractivity contribution in [3.8, 4) is 10.6 Å². The van der Waals surface area contributed by atoms with E-state index >= 15 is 0 Å². The number of aryl methyl sites for hydroxylation is 1. The van der Waals surface area contributed by atoms with E-state index in [0.717, 1.165) is 16.1 Å². The van der Waals surface area contributed by atoms with Crippen LogP contribution in [0, 0.1) is 12.8 Å². The minimum atomic E-state index is -0.193. The standard InChI is InChI=1S/C18H19N3O2S/c1-12(2)11-21(17(22)15-9-6-10-23-15)18-20-19-16(24-18)14-8-5-4-7-13(14)3/h4-10,12H,11H2,1-3H3. The van der Waals surface area contributed by atoms with Gasteiger partial charge in [0.1, 0.15) is 5.01 Å². The summed E-state index contributed by atoms with van der Waals surface area (Å²) in [5.74, 6) is 0.416. The number of anilines is 1. The van der Waals surface area contributed by atoms with E-state index < -0.39 is 0 Å². The zero-order valence-electron chi connectivity index (χ0n) is 13.9. The Labute approximate surface area is 144 Å². The van der Waals surface area contributed by atoms with Crippen molar-refractivity contribution in [2.75, 3.05) is 11.4 Å². The molecule has 2 aromatic heterocycles. The van der Waals surface area contributed by atoms with Crippen molar-refractivity contribution < 1.29 is 9.21 Å². The van der Waals surface area contributed by atoms with E-state index in [-0.39, 0.29) is 5.91 Å². The van der Waals surface area contributed by atoms with Gasteiger partial charge in [0, 0.05) is 12.1 Å². The van der Waals surface area contributed by atoms with Gasteiger partial charge in [-0.25, -0.2) is 0 Å². The molecule has 3 aromatic rings. The Morgan fingerprint density at radius 2 is 2.00 bits per heavy atom. The van der Waals surface area contributed by atoms with Crippen LogP contribution in [-0.2, 0) is 0 Å². The summed E-state index contributed by atoms with van der Waals surface area (Å²) in [6, 6.07) is 11.4. The fourth-order valence-corrected chi connectivity index (χ4v) is 3.34. The molecule has 6 heteroatoms. The summed E-state index contributed by atoms with van der Waals surface area (Å²) in [7, 11) is 0. The zero-order chi connectivity index (χ0) is 17.1. The predicted octanol–water partition coefficient (Wildman–Crippen LogP) is 4.41. The second-order valence-electron chi connectivity index (χ2n) is 5.99. The molecule has 0 fully saturated rings. The highest BCUT2D eigenvalue weighted by atomic mass is 32.1. The molecule has 0 atom stereocenters. The van der Waals surface area contributed by atoms with Gasteiger partial charge in [0.15, 0.2) is 5.76 Å². The molecule has 0 unspecified atom stereocenters. The molecular weight excluding hydrogens is 322 g/mol. The lowest BCUT2D eigenvalue weighted by Gasteiger charge is -2.20. The maximum absolute atomic E-state index is 12.7. The summed E-state index contributed by atoms with van der Waals surface area (Å²) < 4.78 is 5.26. The molecule has 0 aliphatic heterocycles. The first-order valence-electron chi connectivity index (χ1n) is 7.81. The first kappa shape index (κ1) is 16.4. The molecule has 0 saturated carbocycles. The molecule has 0 spiro atoms. The van der Waals surface area contributed by atoms with Crippen molar-refractivity contribution >= 4 is 22.4 Å². The Morgan fingerprint density at radius 3 is 2.67 bits per heavy atom. The van der Waals surface area contributed by atoms with Crippen LogP contribution in [0.15, 0.2) is 47.1 Å². The normalized spacial score (nSPS) is 11.0. The van der Waals surface area contributed by atoms with Crippen LogP contribution >= 0.6 is 11.3 Å². The van der Waals surface area contributed by atoms with Crippen LogP contribution < -0.4 is 4.90 Å². The molecule has 0 radical (unpaired) electrons. The van der Waals surface area contributed by atoms with Gasteiger partial charge in [0.05, 0.1) is 6.26 Å². The summed E-state index contributed by atoms with van der Waals surface area (Å²) in [5.41, 5.74) is 2.17. The molecule has 1 aromatic carbocycles. The van der Waals surface area contributed by atoms with Crippen LogP contribution in [0.2, 0.25) is 0 Å². The number of hydrogen-bond donors (Lipinski definition) is 0. The summed E-state index contributed by atoms with van der Waals surface area (Å²) in [4.78, 5) is 14.4. The second-order valence-corrected chi connectivity index (χ2v) is 6.95. The van der Waals surface area contributed by atoms with Crippen molar-refractivity contribution in [3.05, 3.63) is 54.0 Å². The van der Waals surface area contributed by atoms with Gasteiger partial charge < -0.3 is 4.42 Å². The minimum absolute atomic E-state index is 0.193. The van der Waals surface area contributed by atoms with Crippen LogP contribution in [-0.4, -0.2) is 22.6 Å². The summed E-state index contributed by atoms with van der Waals surface area (Å²) in [6.07, 6.45) is 1.50. The Balaban J connectivity index is 1.94. The molecular formula is C18H19N3O2S. The fourth-order valence-electron chi connectivity index (χ4n) is 2.39. The molecule has 0 aliphatic carbocycles. The highest BCUT2D eigenvalue weighted by Gasteiger charge is 2.24. The number of rotatable bonds is 5. The predicted molar refractivity (Wildman–Crippen MR) is 95.3 cm³/mol. The number of aromatic nitrogens is 2. The molecule has 0 bridgehead atoms. The minimum Gasteiger partial charge on any atom is -0.459 e. The zero-order valence-corrected chi connectivity index (χ0v) is 14.7. The van der Waals surface area contributed by atoms with Crippen LogP contribution in [0.1, 0.15) is 30.0 Å². The maximum atomic E-state index is 12.7. The molecule has 2 heterocycles. The molecule has 1 amide bonds. The molecule has 0 saturated heterocycles. The number of hydrogen-bond acceptors (Lipinski definition) is 5. The molecule has 24 heavy (non-hydrogen) atoms.